The summed E-state index contributed by atoms with van der Waals surface area (Å²) in [5.41, 5.74) is -0.0742. The second-order valence-corrected chi connectivity index (χ2v) is 19.5. The topological polar surface area (TPSA) is 98.5 Å². The third-order valence-electron chi connectivity index (χ3n) is 13.4. The highest BCUT2D eigenvalue weighted by Crippen LogP contribution is 2.52. The number of rotatable bonds is 43. The van der Waals surface area contributed by atoms with Crippen LogP contribution in [-0.2, 0) is 0 Å². The summed E-state index contributed by atoms with van der Waals surface area (Å²) in [5.74, 6) is 3.24. The number of nitro benzene ring substituents is 1. The summed E-state index contributed by atoms with van der Waals surface area (Å²) in [6.07, 6.45) is 33.0. The molecule has 69 heavy (non-hydrogen) atoms. The van der Waals surface area contributed by atoms with Crippen LogP contribution in [0.3, 0.4) is 0 Å². The third kappa shape index (κ3) is 19.5. The molecule has 388 valence electrons. The molecule has 0 bridgehead atoms. The Bertz CT molecular complexity index is 1970. The SMILES string of the molecule is CCCCCCCOc1cc2c3cc(OCCCCCCC)c(OCCCCCCC)cc3c3c([N+](=O)[O-])c(OCCCCCCC)c(OCCCCCCC)cc3c2cc1OCCCCCCC. The highest BCUT2D eigenvalue weighted by atomic mass is 16.6. The Labute approximate surface area is 418 Å². The van der Waals surface area contributed by atoms with Crippen molar-refractivity contribution in [2.24, 2.45) is 0 Å². The molecule has 9 nitrogen and oxygen atoms in total. The Kier molecular flexibility index (Phi) is 29.2. The Morgan fingerprint density at radius 1 is 0.319 bits per heavy atom. The molecule has 0 unspecified atom stereocenters. The van der Waals surface area contributed by atoms with E-state index in [1.165, 1.54) is 83.5 Å². The van der Waals surface area contributed by atoms with Crippen LogP contribution < -0.4 is 28.4 Å². The van der Waals surface area contributed by atoms with Crippen LogP contribution in [0.25, 0.3) is 32.3 Å². The van der Waals surface area contributed by atoms with Crippen molar-refractivity contribution in [1.29, 1.82) is 0 Å². The lowest BCUT2D eigenvalue weighted by molar-refractivity contribution is -0.384. The maximum absolute atomic E-state index is 13.8. The first-order valence-corrected chi connectivity index (χ1v) is 28.4. The molecule has 0 spiro atoms. The second-order valence-electron chi connectivity index (χ2n) is 19.5. The molecule has 0 aliphatic carbocycles. The van der Waals surface area contributed by atoms with Crippen molar-refractivity contribution in [3.05, 3.63) is 40.4 Å². The van der Waals surface area contributed by atoms with Crippen LogP contribution in [0.5, 0.6) is 34.5 Å². The molecule has 0 aromatic heterocycles. The van der Waals surface area contributed by atoms with Crippen molar-refractivity contribution >= 4 is 38.0 Å². The summed E-state index contributed by atoms with van der Waals surface area (Å²) in [5, 5.41) is 18.4. The van der Waals surface area contributed by atoms with E-state index in [1.807, 2.05) is 12.1 Å². The number of ether oxygens (including phenoxy) is 6. The molecule has 0 N–H and O–H groups in total. The molecule has 0 heterocycles. The van der Waals surface area contributed by atoms with E-state index in [-0.39, 0.29) is 16.4 Å². The summed E-state index contributed by atoms with van der Waals surface area (Å²) in [4.78, 5) is 13.6. The van der Waals surface area contributed by atoms with E-state index in [2.05, 4.69) is 59.7 Å². The number of unbranched alkanes of at least 4 members (excludes halogenated alkanes) is 24. The molecule has 9 heteroatoms. The fraction of sp³-hybridized carbons (Fsp3) is 0.700. The first kappa shape index (κ1) is 57.4. The standard InChI is InChI=1S/C60H95NO8/c1-7-13-19-25-31-37-64-53-43-48-49-44-55(66-39-33-27-21-15-9-3)56(67-40-34-28-22-16-10-4)46-51(49)58-52(50(48)45-54(53)65-38-32-26-20-14-8-2)47-57(68-41-35-29-23-17-11-5)60(59(58)61(62)63)69-42-36-30-24-18-12-6/h43-47H,7-42H2,1-6H3. The van der Waals surface area contributed by atoms with Gasteiger partial charge < -0.3 is 28.4 Å². The maximum Gasteiger partial charge on any atom is 0.323 e. The van der Waals surface area contributed by atoms with Gasteiger partial charge in [-0.1, -0.05) is 196 Å². The van der Waals surface area contributed by atoms with E-state index in [0.29, 0.717) is 73.8 Å². The first-order valence-electron chi connectivity index (χ1n) is 28.4. The van der Waals surface area contributed by atoms with Crippen molar-refractivity contribution in [3.8, 4) is 34.5 Å². The van der Waals surface area contributed by atoms with Crippen LogP contribution in [0.2, 0.25) is 0 Å². The lowest BCUT2D eigenvalue weighted by atomic mass is 9.92. The molecular weight excluding hydrogens is 863 g/mol. The van der Waals surface area contributed by atoms with Crippen LogP contribution in [0.4, 0.5) is 5.69 Å². The van der Waals surface area contributed by atoms with E-state index in [0.717, 1.165) is 136 Å². The summed E-state index contributed by atoms with van der Waals surface area (Å²) >= 11 is 0. The molecule has 0 amide bonds. The molecular formula is C60H95NO8. The highest BCUT2D eigenvalue weighted by molar-refractivity contribution is 6.29. The predicted octanol–water partition coefficient (Wildman–Crippen LogP) is 19.1. The van der Waals surface area contributed by atoms with Gasteiger partial charge in [0, 0.05) is 10.8 Å². The average Bonchev–Trinajstić information content (AvgIpc) is 3.35. The maximum atomic E-state index is 13.8. The largest absolute Gasteiger partial charge is 0.490 e. The smallest absolute Gasteiger partial charge is 0.323 e. The zero-order valence-corrected chi connectivity index (χ0v) is 44.6. The van der Waals surface area contributed by atoms with Crippen molar-refractivity contribution in [2.75, 3.05) is 39.6 Å². The minimum atomic E-state index is -0.257. The quantitative estimate of drug-likeness (QED) is 0.0187. The molecule has 0 radical (unpaired) electrons. The Hall–Kier alpha value is -4.14. The van der Waals surface area contributed by atoms with Crippen LogP contribution >= 0.6 is 0 Å². The summed E-state index contributed by atoms with van der Waals surface area (Å²) in [6.45, 7) is 16.4. The van der Waals surface area contributed by atoms with Crippen LogP contribution in [0.15, 0.2) is 30.3 Å². The van der Waals surface area contributed by atoms with E-state index in [1.54, 1.807) is 0 Å². The van der Waals surface area contributed by atoms with Gasteiger partial charge in [0.2, 0.25) is 5.75 Å². The number of hydrogen-bond acceptors (Lipinski definition) is 8. The molecule has 0 aliphatic heterocycles. The number of fused-ring (bicyclic) bond motifs is 6. The minimum absolute atomic E-state index is 0.0742. The fourth-order valence-electron chi connectivity index (χ4n) is 9.30. The molecule has 0 atom stereocenters. The van der Waals surface area contributed by atoms with E-state index in [4.69, 9.17) is 28.4 Å². The van der Waals surface area contributed by atoms with Crippen LogP contribution in [-0.4, -0.2) is 44.6 Å². The van der Waals surface area contributed by atoms with Gasteiger partial charge in [-0.05, 0) is 85.0 Å². The Morgan fingerprint density at radius 2 is 0.551 bits per heavy atom. The minimum Gasteiger partial charge on any atom is -0.490 e. The van der Waals surface area contributed by atoms with Gasteiger partial charge in [-0.3, -0.25) is 10.1 Å². The molecule has 0 aliphatic rings. The van der Waals surface area contributed by atoms with Crippen molar-refractivity contribution in [3.63, 3.8) is 0 Å². The normalized spacial score (nSPS) is 11.5. The van der Waals surface area contributed by atoms with Gasteiger partial charge in [-0.25, -0.2) is 0 Å². The average molecular weight is 958 g/mol. The van der Waals surface area contributed by atoms with Gasteiger partial charge in [0.25, 0.3) is 0 Å². The van der Waals surface area contributed by atoms with Crippen molar-refractivity contribution in [2.45, 2.75) is 234 Å². The van der Waals surface area contributed by atoms with Gasteiger partial charge in [0.15, 0.2) is 28.7 Å². The van der Waals surface area contributed by atoms with Crippen molar-refractivity contribution in [1.82, 2.24) is 0 Å². The van der Waals surface area contributed by atoms with Gasteiger partial charge >= 0.3 is 5.69 Å². The number of benzene rings is 4. The molecule has 4 aromatic rings. The lowest BCUT2D eigenvalue weighted by Crippen LogP contribution is -2.07. The summed E-state index contributed by atoms with van der Waals surface area (Å²) < 4.78 is 39.9. The fourth-order valence-corrected chi connectivity index (χ4v) is 9.30. The predicted molar refractivity (Wildman–Crippen MR) is 291 cm³/mol. The van der Waals surface area contributed by atoms with E-state index < -0.39 is 0 Å². The monoisotopic (exact) mass is 958 g/mol. The van der Waals surface area contributed by atoms with Crippen LogP contribution in [0.1, 0.15) is 234 Å². The molecule has 4 aromatic carbocycles. The summed E-state index contributed by atoms with van der Waals surface area (Å²) in [7, 11) is 0. The van der Waals surface area contributed by atoms with Gasteiger partial charge in [-0.15, -0.1) is 0 Å². The Balaban J connectivity index is 2.02. The second kappa shape index (κ2) is 35.0. The van der Waals surface area contributed by atoms with Gasteiger partial charge in [0.05, 0.1) is 50.0 Å². The molecule has 0 fully saturated rings. The zero-order chi connectivity index (χ0) is 49.3. The van der Waals surface area contributed by atoms with Gasteiger partial charge in [0.1, 0.15) is 0 Å². The summed E-state index contributed by atoms with van der Waals surface area (Å²) in [6, 6.07) is 10.2. The van der Waals surface area contributed by atoms with Gasteiger partial charge in [-0.2, -0.15) is 0 Å². The Morgan fingerprint density at radius 3 is 0.841 bits per heavy atom. The third-order valence-corrected chi connectivity index (χ3v) is 13.4. The molecule has 0 saturated carbocycles. The molecule has 0 saturated heterocycles. The lowest BCUT2D eigenvalue weighted by Gasteiger charge is -2.21. The van der Waals surface area contributed by atoms with Crippen LogP contribution in [0, 0.1) is 10.1 Å². The van der Waals surface area contributed by atoms with Crippen molar-refractivity contribution < 1.29 is 33.3 Å². The van der Waals surface area contributed by atoms with E-state index >= 15 is 0 Å². The number of nitro groups is 1. The van der Waals surface area contributed by atoms with E-state index in [9.17, 15) is 10.1 Å². The zero-order valence-electron chi connectivity index (χ0n) is 44.6. The number of nitrogens with zero attached hydrogens (tertiary/aromatic N) is 1. The highest BCUT2D eigenvalue weighted by Gasteiger charge is 2.30. The molecule has 4 rings (SSSR count). The first-order chi connectivity index (χ1) is 33.9. The number of hydrogen-bond donors (Lipinski definition) is 0.